The Kier molecular flexibility index (Phi) is 29.9. The van der Waals surface area contributed by atoms with E-state index >= 15 is 0 Å². The highest BCUT2D eigenvalue weighted by atomic mass is 31.2. The zero-order valence-electron chi connectivity index (χ0n) is 25.9. The molecule has 0 spiro atoms. The number of aliphatic hydroxyl groups is 1. The van der Waals surface area contributed by atoms with Crippen LogP contribution < -0.4 is 5.73 Å². The highest BCUT2D eigenvalue weighted by Gasteiger charge is 2.22. The van der Waals surface area contributed by atoms with Gasteiger partial charge in [-0.05, 0) is 32.1 Å². The summed E-state index contributed by atoms with van der Waals surface area (Å²) in [5, 5.41) is 9.87. The van der Waals surface area contributed by atoms with Crippen LogP contribution >= 0.6 is 7.82 Å². The first-order valence-electron chi connectivity index (χ1n) is 16.2. The number of allylic oxidation sites excluding steroid dienone is 2. The molecule has 0 bridgehead atoms. The minimum atomic E-state index is -4.19. The molecule has 3 atom stereocenters. The summed E-state index contributed by atoms with van der Waals surface area (Å²) in [6, 6.07) is 0. The maximum absolute atomic E-state index is 11.5. The van der Waals surface area contributed by atoms with Crippen molar-refractivity contribution in [3.8, 4) is 0 Å². The van der Waals surface area contributed by atoms with Gasteiger partial charge < -0.3 is 25.2 Å². The van der Waals surface area contributed by atoms with Crippen molar-refractivity contribution < 1.29 is 33.1 Å². The highest BCUT2D eigenvalue weighted by molar-refractivity contribution is 7.47. The van der Waals surface area contributed by atoms with Gasteiger partial charge in [0.2, 0.25) is 0 Å². The lowest BCUT2D eigenvalue weighted by Crippen LogP contribution is -2.26. The fourth-order valence-corrected chi connectivity index (χ4v) is 5.31. The van der Waals surface area contributed by atoms with Crippen molar-refractivity contribution in [3.05, 3.63) is 12.2 Å². The van der Waals surface area contributed by atoms with Crippen LogP contribution in [0.5, 0.6) is 0 Å². The van der Waals surface area contributed by atoms with Crippen molar-refractivity contribution in [1.82, 2.24) is 0 Å². The number of rotatable bonds is 32. The third-order valence-electron chi connectivity index (χ3n) is 7.04. The maximum atomic E-state index is 11.5. The second-order valence-corrected chi connectivity index (χ2v) is 12.4. The smallest absolute Gasteiger partial charge is 0.388 e. The third-order valence-corrected chi connectivity index (χ3v) is 8.02. The Morgan fingerprint density at radius 2 is 1.23 bits per heavy atom. The predicted octanol–water partition coefficient (Wildman–Crippen LogP) is 7.85. The molecule has 0 amide bonds. The third kappa shape index (κ3) is 29.2. The first-order chi connectivity index (χ1) is 19.4. The summed E-state index contributed by atoms with van der Waals surface area (Å²) in [7, 11) is -2.52. The van der Waals surface area contributed by atoms with Crippen molar-refractivity contribution in [3.63, 3.8) is 0 Å². The summed E-state index contributed by atoms with van der Waals surface area (Å²) in [5.41, 5.74) is 5.22. The van der Waals surface area contributed by atoms with Crippen molar-refractivity contribution in [2.75, 3.05) is 40.1 Å². The minimum absolute atomic E-state index is 0.00629. The van der Waals surface area contributed by atoms with E-state index in [0.717, 1.165) is 12.8 Å². The van der Waals surface area contributed by atoms with Crippen molar-refractivity contribution >= 4 is 7.82 Å². The van der Waals surface area contributed by atoms with E-state index in [1.54, 1.807) is 7.11 Å². The standard InChI is InChI=1S/C31H64NO7P/c1-3-4-5-6-7-8-9-10-11-12-13-14-15-16-17-18-19-20-21-22-23-24-31(36-2)29-37-27-30(33)28-39-40(34,35)38-26-25-32/h8-9,30-31,33H,3-7,10-29,32H2,1-2H3,(H,34,35)/b9-8-/t30-,31?/m1/s1. The molecule has 4 N–H and O–H groups in total. The van der Waals surface area contributed by atoms with Gasteiger partial charge in [-0.1, -0.05) is 115 Å². The molecule has 0 aliphatic carbocycles. The highest BCUT2D eigenvalue weighted by Crippen LogP contribution is 2.42. The summed E-state index contributed by atoms with van der Waals surface area (Å²) in [6.45, 7) is 2.29. The molecule has 0 aliphatic heterocycles. The number of aliphatic hydroxyl groups excluding tert-OH is 1. The van der Waals surface area contributed by atoms with E-state index in [9.17, 15) is 14.6 Å². The van der Waals surface area contributed by atoms with E-state index in [-0.39, 0.29) is 32.5 Å². The lowest BCUT2D eigenvalue weighted by atomic mass is 10.0. The quantitative estimate of drug-likeness (QED) is 0.0410. The lowest BCUT2D eigenvalue weighted by Gasteiger charge is -2.18. The number of methoxy groups -OCH3 is 1. The average Bonchev–Trinajstić information content (AvgIpc) is 2.95. The van der Waals surface area contributed by atoms with Gasteiger partial charge in [0.15, 0.2) is 0 Å². The largest absolute Gasteiger partial charge is 0.472 e. The average molecular weight is 594 g/mol. The van der Waals surface area contributed by atoms with Crippen LogP contribution in [0.1, 0.15) is 135 Å². The van der Waals surface area contributed by atoms with E-state index in [2.05, 4.69) is 23.6 Å². The molecule has 0 aromatic rings. The van der Waals surface area contributed by atoms with Gasteiger partial charge in [0, 0.05) is 13.7 Å². The van der Waals surface area contributed by atoms with Gasteiger partial charge in [-0.15, -0.1) is 0 Å². The molecule has 0 aliphatic rings. The molecular formula is C31H64NO7P. The molecule has 0 aromatic carbocycles. The van der Waals surface area contributed by atoms with Crippen molar-refractivity contribution in [2.45, 2.75) is 148 Å². The van der Waals surface area contributed by atoms with E-state index < -0.39 is 13.9 Å². The Hall–Kier alpha value is -0.310. The Morgan fingerprint density at radius 1 is 0.725 bits per heavy atom. The zero-order valence-corrected chi connectivity index (χ0v) is 26.8. The molecule has 0 aromatic heterocycles. The number of nitrogens with two attached hydrogens (primary N) is 1. The molecule has 0 radical (unpaired) electrons. The van der Waals surface area contributed by atoms with Crippen LogP contribution in [0.3, 0.4) is 0 Å². The fraction of sp³-hybridized carbons (Fsp3) is 0.935. The van der Waals surface area contributed by atoms with Crippen LogP contribution in [0, 0.1) is 0 Å². The summed E-state index contributed by atoms with van der Waals surface area (Å²) >= 11 is 0. The molecule has 8 nitrogen and oxygen atoms in total. The van der Waals surface area contributed by atoms with Gasteiger partial charge >= 0.3 is 7.82 Å². The first kappa shape index (κ1) is 39.7. The number of unbranched alkanes of at least 4 members (excludes halogenated alkanes) is 17. The monoisotopic (exact) mass is 593 g/mol. The summed E-state index contributed by atoms with van der Waals surface area (Å²) in [6.07, 6.45) is 29.8. The second-order valence-electron chi connectivity index (χ2n) is 10.9. The van der Waals surface area contributed by atoms with Gasteiger partial charge in [-0.3, -0.25) is 9.05 Å². The van der Waals surface area contributed by atoms with Crippen molar-refractivity contribution in [1.29, 1.82) is 0 Å². The zero-order chi connectivity index (χ0) is 29.6. The molecule has 0 fully saturated rings. The fourth-order valence-electron chi connectivity index (χ4n) is 4.54. The maximum Gasteiger partial charge on any atom is 0.472 e. The minimum Gasteiger partial charge on any atom is -0.388 e. The number of hydrogen-bond acceptors (Lipinski definition) is 7. The number of hydrogen-bond donors (Lipinski definition) is 3. The molecular weight excluding hydrogens is 529 g/mol. The van der Waals surface area contributed by atoms with E-state index in [0.29, 0.717) is 6.61 Å². The van der Waals surface area contributed by atoms with Crippen LogP contribution in [0.4, 0.5) is 0 Å². The van der Waals surface area contributed by atoms with Crippen LogP contribution in [0.15, 0.2) is 12.2 Å². The van der Waals surface area contributed by atoms with Gasteiger partial charge in [-0.2, -0.15) is 0 Å². The molecule has 9 heteroatoms. The normalized spacial score (nSPS) is 15.0. The SMILES string of the molecule is CCCCCC/C=C\CCCCCCCCCCCCCCCC(COC[C@@H](O)COP(=O)(O)OCCN)OC. The number of phosphoric ester groups is 1. The molecule has 240 valence electrons. The Bertz CT molecular complexity index is 594. The van der Waals surface area contributed by atoms with E-state index in [4.69, 9.17) is 19.7 Å². The van der Waals surface area contributed by atoms with Crippen LogP contribution in [0.2, 0.25) is 0 Å². The van der Waals surface area contributed by atoms with Gasteiger partial charge in [0.1, 0.15) is 6.10 Å². The van der Waals surface area contributed by atoms with Gasteiger partial charge in [0.05, 0.1) is 32.5 Å². The predicted molar refractivity (Wildman–Crippen MR) is 166 cm³/mol. The lowest BCUT2D eigenvalue weighted by molar-refractivity contribution is -0.0386. The Labute approximate surface area is 246 Å². The van der Waals surface area contributed by atoms with E-state index in [1.807, 2.05) is 0 Å². The summed E-state index contributed by atoms with van der Waals surface area (Å²) < 4.78 is 31.9. The van der Waals surface area contributed by atoms with Crippen LogP contribution in [-0.4, -0.2) is 62.3 Å². The molecule has 0 saturated heterocycles. The number of ether oxygens (including phenoxy) is 2. The molecule has 40 heavy (non-hydrogen) atoms. The van der Waals surface area contributed by atoms with E-state index in [1.165, 1.54) is 116 Å². The van der Waals surface area contributed by atoms with Gasteiger partial charge in [0.25, 0.3) is 0 Å². The van der Waals surface area contributed by atoms with Crippen LogP contribution in [0.25, 0.3) is 0 Å². The van der Waals surface area contributed by atoms with Crippen molar-refractivity contribution in [2.24, 2.45) is 5.73 Å². The summed E-state index contributed by atoms with van der Waals surface area (Å²) in [4.78, 5) is 9.42. The molecule has 2 unspecified atom stereocenters. The molecule has 0 rings (SSSR count). The molecule has 0 saturated carbocycles. The topological polar surface area (TPSA) is 120 Å². The summed E-state index contributed by atoms with van der Waals surface area (Å²) in [5.74, 6) is 0. The number of phosphoric acid groups is 1. The Balaban J connectivity index is 3.45. The second kappa shape index (κ2) is 30.2. The van der Waals surface area contributed by atoms with Gasteiger partial charge in [-0.25, -0.2) is 4.57 Å². The first-order valence-corrected chi connectivity index (χ1v) is 17.7. The van der Waals surface area contributed by atoms with Crippen LogP contribution in [-0.2, 0) is 23.1 Å². The Morgan fingerprint density at radius 3 is 1.73 bits per heavy atom. The molecule has 0 heterocycles.